The lowest BCUT2D eigenvalue weighted by Gasteiger charge is -2.40. The molecule has 7 heteroatoms. The number of carbonyl (C=O) groups excluding carboxylic acids is 1. The summed E-state index contributed by atoms with van der Waals surface area (Å²) in [5.41, 5.74) is 3.86. The Kier molecular flexibility index (Phi) is 5.60. The Hall–Kier alpha value is -1.89. The van der Waals surface area contributed by atoms with Crippen LogP contribution in [0, 0.1) is 6.92 Å². The van der Waals surface area contributed by atoms with E-state index in [4.69, 9.17) is 4.74 Å². The Morgan fingerprint density at radius 1 is 1.33 bits per heavy atom. The van der Waals surface area contributed by atoms with Crippen molar-refractivity contribution in [3.63, 3.8) is 0 Å². The van der Waals surface area contributed by atoms with Crippen molar-refractivity contribution < 1.29 is 9.53 Å². The molecule has 27 heavy (non-hydrogen) atoms. The van der Waals surface area contributed by atoms with Crippen molar-refractivity contribution in [3.05, 3.63) is 52.8 Å². The normalized spacial score (nSPS) is 22.9. The van der Waals surface area contributed by atoms with Gasteiger partial charge in [-0.2, -0.15) is 5.10 Å². The Labute approximate surface area is 166 Å². The fourth-order valence-corrected chi connectivity index (χ4v) is 4.84. The molecule has 2 heterocycles. The molecule has 146 valence electrons. The summed E-state index contributed by atoms with van der Waals surface area (Å²) in [5, 5.41) is 11.0. The zero-order chi connectivity index (χ0) is 18.3. The van der Waals surface area contributed by atoms with Gasteiger partial charge in [-0.3, -0.25) is 9.48 Å². The molecule has 1 aliphatic heterocycles. The number of nitrogens with one attached hydrogen (secondary N) is 2. The average molecular weight is 391 g/mol. The van der Waals surface area contributed by atoms with Crippen molar-refractivity contribution in [1.82, 2.24) is 20.4 Å². The van der Waals surface area contributed by atoms with Crippen molar-refractivity contribution in [1.29, 1.82) is 0 Å². The SMILES string of the molecule is CO[C@H]1[C@H](NC(=O)c2cc(C)nn2C)c2ccccc2C12CCNCC2.Cl. The molecule has 2 aliphatic rings. The van der Waals surface area contributed by atoms with Crippen molar-refractivity contribution in [2.24, 2.45) is 7.05 Å². The number of ether oxygens (including phenoxy) is 1. The third kappa shape index (κ3) is 3.16. The number of aromatic nitrogens is 2. The van der Waals surface area contributed by atoms with Gasteiger partial charge in [-0.1, -0.05) is 24.3 Å². The number of rotatable bonds is 3. The van der Waals surface area contributed by atoms with Gasteiger partial charge in [-0.15, -0.1) is 12.4 Å². The van der Waals surface area contributed by atoms with Crippen LogP contribution in [0.25, 0.3) is 0 Å². The topological polar surface area (TPSA) is 68.2 Å². The fourth-order valence-electron chi connectivity index (χ4n) is 4.84. The summed E-state index contributed by atoms with van der Waals surface area (Å²) in [7, 11) is 3.56. The van der Waals surface area contributed by atoms with E-state index in [9.17, 15) is 4.79 Å². The van der Waals surface area contributed by atoms with E-state index in [0.717, 1.165) is 31.6 Å². The molecular formula is C20H27ClN4O2. The second kappa shape index (κ2) is 7.62. The number of hydrogen-bond donors (Lipinski definition) is 2. The average Bonchev–Trinajstić information content (AvgIpc) is 3.11. The molecule has 1 aromatic heterocycles. The van der Waals surface area contributed by atoms with Gasteiger partial charge in [0.05, 0.1) is 17.8 Å². The van der Waals surface area contributed by atoms with Gasteiger partial charge in [0.15, 0.2) is 0 Å². The second-order valence-electron chi connectivity index (χ2n) is 7.40. The smallest absolute Gasteiger partial charge is 0.270 e. The summed E-state index contributed by atoms with van der Waals surface area (Å²) in [6, 6.07) is 10.1. The lowest BCUT2D eigenvalue weighted by Crippen LogP contribution is -2.49. The van der Waals surface area contributed by atoms with Gasteiger partial charge in [0.1, 0.15) is 5.69 Å². The number of carbonyl (C=O) groups is 1. The highest BCUT2D eigenvalue weighted by atomic mass is 35.5. The zero-order valence-electron chi connectivity index (χ0n) is 16.0. The van der Waals surface area contributed by atoms with Crippen LogP contribution < -0.4 is 10.6 Å². The van der Waals surface area contributed by atoms with Crippen LogP contribution in [0.5, 0.6) is 0 Å². The Morgan fingerprint density at radius 2 is 2.04 bits per heavy atom. The minimum Gasteiger partial charge on any atom is -0.378 e. The molecule has 1 fully saturated rings. The molecule has 6 nitrogen and oxygen atoms in total. The highest BCUT2D eigenvalue weighted by Gasteiger charge is 2.53. The van der Waals surface area contributed by atoms with Gasteiger partial charge in [-0.05, 0) is 50.0 Å². The number of halogens is 1. The van der Waals surface area contributed by atoms with Gasteiger partial charge in [0.2, 0.25) is 0 Å². The first kappa shape index (κ1) is 19.9. The van der Waals surface area contributed by atoms with Crippen LogP contribution >= 0.6 is 12.4 Å². The minimum atomic E-state index is -0.156. The number of benzene rings is 1. The summed E-state index contributed by atoms with van der Waals surface area (Å²) < 4.78 is 7.64. The number of methoxy groups -OCH3 is 1. The van der Waals surface area contributed by atoms with E-state index in [-0.39, 0.29) is 35.9 Å². The molecule has 4 rings (SSSR count). The fraction of sp³-hybridized carbons (Fsp3) is 0.500. The quantitative estimate of drug-likeness (QED) is 0.843. The molecule has 0 radical (unpaired) electrons. The molecule has 1 amide bonds. The van der Waals surface area contributed by atoms with E-state index in [0.29, 0.717) is 5.69 Å². The molecule has 1 aromatic carbocycles. The predicted molar refractivity (Wildman–Crippen MR) is 106 cm³/mol. The monoisotopic (exact) mass is 390 g/mol. The molecule has 1 saturated heterocycles. The summed E-state index contributed by atoms with van der Waals surface area (Å²) in [6.45, 7) is 3.83. The minimum absolute atomic E-state index is 0. The number of nitrogens with zero attached hydrogens (tertiary/aromatic N) is 2. The number of aryl methyl sites for hydroxylation is 2. The number of fused-ring (bicyclic) bond motifs is 2. The van der Waals surface area contributed by atoms with Gasteiger partial charge in [0, 0.05) is 19.6 Å². The van der Waals surface area contributed by atoms with Crippen LogP contribution in [0.3, 0.4) is 0 Å². The van der Waals surface area contributed by atoms with Gasteiger partial charge in [-0.25, -0.2) is 0 Å². The highest BCUT2D eigenvalue weighted by molar-refractivity contribution is 5.93. The van der Waals surface area contributed by atoms with E-state index in [2.05, 4.69) is 33.9 Å². The van der Waals surface area contributed by atoms with Gasteiger partial charge < -0.3 is 15.4 Å². The Morgan fingerprint density at radius 3 is 2.67 bits per heavy atom. The van der Waals surface area contributed by atoms with Crippen molar-refractivity contribution >= 4 is 18.3 Å². The Bertz CT molecular complexity index is 829. The summed E-state index contributed by atoms with van der Waals surface area (Å²) in [5.74, 6) is -0.110. The summed E-state index contributed by atoms with van der Waals surface area (Å²) in [6.07, 6.45) is 1.96. The Balaban J connectivity index is 0.00000210. The van der Waals surface area contributed by atoms with Crippen LogP contribution in [0.2, 0.25) is 0 Å². The first-order valence-electron chi connectivity index (χ1n) is 9.21. The second-order valence-corrected chi connectivity index (χ2v) is 7.40. The van der Waals surface area contributed by atoms with Gasteiger partial charge >= 0.3 is 0 Å². The molecule has 2 atom stereocenters. The molecular weight excluding hydrogens is 364 g/mol. The maximum absolute atomic E-state index is 12.9. The third-order valence-corrected chi connectivity index (χ3v) is 5.95. The van der Waals surface area contributed by atoms with E-state index in [1.807, 2.05) is 19.1 Å². The number of amides is 1. The lowest BCUT2D eigenvalue weighted by molar-refractivity contribution is 0.00388. The van der Waals surface area contributed by atoms with E-state index < -0.39 is 0 Å². The molecule has 0 unspecified atom stereocenters. The first-order chi connectivity index (χ1) is 12.6. The molecule has 0 bridgehead atoms. The van der Waals surface area contributed by atoms with Crippen LogP contribution in [-0.2, 0) is 17.2 Å². The van der Waals surface area contributed by atoms with Crippen LogP contribution in [0.4, 0.5) is 0 Å². The van der Waals surface area contributed by atoms with E-state index >= 15 is 0 Å². The largest absolute Gasteiger partial charge is 0.378 e. The molecule has 1 spiro atoms. The van der Waals surface area contributed by atoms with E-state index in [1.165, 1.54) is 11.1 Å². The molecule has 2 aromatic rings. The van der Waals surface area contributed by atoms with Gasteiger partial charge in [0.25, 0.3) is 5.91 Å². The van der Waals surface area contributed by atoms with Crippen molar-refractivity contribution in [3.8, 4) is 0 Å². The van der Waals surface area contributed by atoms with Crippen LogP contribution in [-0.4, -0.2) is 42.0 Å². The predicted octanol–water partition coefficient (Wildman–Crippen LogP) is 2.27. The first-order valence-corrected chi connectivity index (χ1v) is 9.21. The third-order valence-electron chi connectivity index (χ3n) is 5.95. The highest BCUT2D eigenvalue weighted by Crippen LogP contribution is 2.51. The maximum Gasteiger partial charge on any atom is 0.270 e. The van der Waals surface area contributed by atoms with E-state index in [1.54, 1.807) is 18.8 Å². The molecule has 2 N–H and O–H groups in total. The number of piperidine rings is 1. The zero-order valence-corrected chi connectivity index (χ0v) is 16.8. The van der Waals surface area contributed by atoms with Crippen molar-refractivity contribution in [2.45, 2.75) is 37.3 Å². The van der Waals surface area contributed by atoms with Crippen LogP contribution in [0.15, 0.2) is 30.3 Å². The summed E-state index contributed by atoms with van der Waals surface area (Å²) >= 11 is 0. The van der Waals surface area contributed by atoms with Crippen molar-refractivity contribution in [2.75, 3.05) is 20.2 Å². The molecule has 0 saturated carbocycles. The maximum atomic E-state index is 12.9. The lowest BCUT2D eigenvalue weighted by atomic mass is 9.72. The van der Waals surface area contributed by atoms with Crippen LogP contribution in [0.1, 0.15) is 46.2 Å². The number of hydrogen-bond acceptors (Lipinski definition) is 4. The molecule has 1 aliphatic carbocycles. The summed E-state index contributed by atoms with van der Waals surface area (Å²) in [4.78, 5) is 12.9. The standard InChI is InChI=1S/C20H26N4O2.ClH/c1-13-12-16(24(2)23-13)19(25)22-17-14-6-4-5-7-15(14)20(18(17)26-3)8-10-21-11-9-20;/h4-7,12,17-18,21H,8-11H2,1-3H3,(H,22,25);1H/t17-,18+;/m1./s1.